The molecule has 2 aromatic carbocycles. The first-order valence-electron chi connectivity index (χ1n) is 11.0. The second-order valence-electron chi connectivity index (χ2n) is 8.31. The van der Waals surface area contributed by atoms with E-state index in [9.17, 15) is 18.7 Å². The van der Waals surface area contributed by atoms with Gasteiger partial charge >= 0.3 is 5.97 Å². The Labute approximate surface area is 210 Å². The molecule has 0 fully saturated rings. The van der Waals surface area contributed by atoms with Crippen molar-refractivity contribution in [2.24, 2.45) is 0 Å². The van der Waals surface area contributed by atoms with E-state index in [0.29, 0.717) is 6.07 Å². The van der Waals surface area contributed by atoms with Crippen LogP contribution in [-0.4, -0.2) is 47.3 Å². The summed E-state index contributed by atoms with van der Waals surface area (Å²) in [4.78, 5) is 16.5. The summed E-state index contributed by atoms with van der Waals surface area (Å²) in [6.45, 7) is 1.37. The van der Waals surface area contributed by atoms with Crippen molar-refractivity contribution in [3.8, 4) is 0 Å². The van der Waals surface area contributed by atoms with E-state index in [1.165, 1.54) is 46.1 Å². The Balaban J connectivity index is 1.77. The summed E-state index contributed by atoms with van der Waals surface area (Å²) in [7, 11) is 1.28. The predicted octanol–water partition coefficient (Wildman–Crippen LogP) is 3.39. The molecular weight excluding hydrogens is 490 g/mol. The summed E-state index contributed by atoms with van der Waals surface area (Å²) in [6.07, 6.45) is 4.30. The van der Waals surface area contributed by atoms with E-state index < -0.39 is 35.3 Å². The number of hydrogen-bond acceptors (Lipinski definition) is 7. The first-order chi connectivity index (χ1) is 17.2. The lowest BCUT2D eigenvalue weighted by atomic mass is 9.86. The van der Waals surface area contributed by atoms with Crippen LogP contribution < -0.4 is 0 Å². The van der Waals surface area contributed by atoms with Crippen molar-refractivity contribution in [3.05, 3.63) is 95.0 Å². The van der Waals surface area contributed by atoms with E-state index >= 15 is 0 Å². The van der Waals surface area contributed by atoms with Crippen molar-refractivity contribution in [2.75, 3.05) is 7.11 Å². The van der Waals surface area contributed by atoms with Gasteiger partial charge in [-0.15, -0.1) is 0 Å². The molecule has 0 aliphatic heterocycles. The van der Waals surface area contributed by atoms with Crippen LogP contribution in [0.15, 0.2) is 67.5 Å². The summed E-state index contributed by atoms with van der Waals surface area (Å²) in [5, 5.41) is 20.2. The smallest absolute Gasteiger partial charge is 0.329 e. The van der Waals surface area contributed by atoms with E-state index in [2.05, 4.69) is 15.2 Å². The number of carbonyl (C=O) groups excluding carboxylic acids is 1. The Morgan fingerprint density at radius 3 is 2.56 bits per heavy atom. The molecule has 0 aliphatic carbocycles. The maximum absolute atomic E-state index is 14.9. The molecule has 0 radical (unpaired) electrons. The van der Waals surface area contributed by atoms with Crippen molar-refractivity contribution >= 4 is 18.2 Å². The van der Waals surface area contributed by atoms with E-state index in [1.807, 2.05) is 30.3 Å². The summed E-state index contributed by atoms with van der Waals surface area (Å²) in [5.41, 5.74) is -1.26. The molecule has 2 heterocycles. The lowest BCUT2D eigenvalue weighted by Crippen LogP contribution is -2.41. The molecule has 12 heteroatoms. The average Bonchev–Trinajstić information content (AvgIpc) is 3.51. The van der Waals surface area contributed by atoms with Gasteiger partial charge < -0.3 is 9.84 Å². The van der Waals surface area contributed by atoms with Crippen LogP contribution in [0.5, 0.6) is 0 Å². The zero-order chi connectivity index (χ0) is 25.9. The molecule has 0 saturated heterocycles. The van der Waals surface area contributed by atoms with Gasteiger partial charge in [0.25, 0.3) is 0 Å². The molecule has 0 amide bonds. The van der Waals surface area contributed by atoms with Crippen LogP contribution in [0.1, 0.15) is 30.1 Å². The van der Waals surface area contributed by atoms with E-state index in [1.54, 1.807) is 6.92 Å². The minimum atomic E-state index is -1.97. The van der Waals surface area contributed by atoms with Crippen molar-refractivity contribution < 1.29 is 23.4 Å². The SMILES string of the molecule is COC(=O)[C@@H](Cc1ccccc1)n1cnn([C@H](C)[C@](O)(Cn2cncn2)c2ccc(F)cc2F)c1=S. The number of aromatic nitrogens is 6. The van der Waals surface area contributed by atoms with Crippen LogP contribution in [0.3, 0.4) is 0 Å². The third-order valence-corrected chi connectivity index (χ3v) is 6.52. The predicted molar refractivity (Wildman–Crippen MR) is 127 cm³/mol. The fourth-order valence-corrected chi connectivity index (χ4v) is 4.50. The first kappa shape index (κ1) is 25.3. The number of benzene rings is 2. The van der Waals surface area contributed by atoms with E-state index in [4.69, 9.17) is 17.0 Å². The zero-order valence-electron chi connectivity index (χ0n) is 19.5. The molecule has 0 spiro atoms. The van der Waals surface area contributed by atoms with Crippen molar-refractivity contribution in [2.45, 2.75) is 37.6 Å². The molecule has 2 aromatic heterocycles. The molecule has 0 unspecified atom stereocenters. The molecule has 9 nitrogen and oxygen atoms in total. The number of aliphatic hydroxyl groups is 1. The van der Waals surface area contributed by atoms with Crippen molar-refractivity contribution in [1.29, 1.82) is 0 Å². The number of hydrogen-bond donors (Lipinski definition) is 1. The standard InChI is InChI=1S/C24H24F2N6O3S/c1-16(24(34,12-30-14-27-13-28-30)19-9-8-18(25)11-20(19)26)32-23(36)31(15-29-32)21(22(33)35-2)10-17-6-4-3-5-7-17/h3-9,11,13-16,21,34H,10,12H2,1-2H3/t16-,21-,24-/m1/s1. The number of methoxy groups -OCH3 is 1. The highest BCUT2D eigenvalue weighted by Gasteiger charge is 2.41. The van der Waals surface area contributed by atoms with Crippen LogP contribution in [0, 0.1) is 16.4 Å². The van der Waals surface area contributed by atoms with Gasteiger partial charge in [-0.2, -0.15) is 10.2 Å². The van der Waals surface area contributed by atoms with Crippen LogP contribution in [0.2, 0.25) is 0 Å². The number of esters is 1. The summed E-state index contributed by atoms with van der Waals surface area (Å²) < 4.78 is 37.8. The second kappa shape index (κ2) is 10.5. The minimum absolute atomic E-state index is 0.105. The van der Waals surface area contributed by atoms with Crippen LogP contribution in [-0.2, 0) is 28.1 Å². The third-order valence-electron chi connectivity index (χ3n) is 6.12. The number of nitrogens with zero attached hydrogens (tertiary/aromatic N) is 6. The summed E-state index contributed by atoms with van der Waals surface area (Å²) >= 11 is 5.64. The van der Waals surface area contributed by atoms with Gasteiger partial charge in [-0.1, -0.05) is 36.4 Å². The molecule has 0 bridgehead atoms. The molecule has 4 aromatic rings. The third kappa shape index (κ3) is 4.95. The van der Waals surface area contributed by atoms with Gasteiger partial charge in [0, 0.05) is 18.1 Å². The van der Waals surface area contributed by atoms with E-state index in [0.717, 1.165) is 11.6 Å². The zero-order valence-corrected chi connectivity index (χ0v) is 20.3. The quantitative estimate of drug-likeness (QED) is 0.270. The monoisotopic (exact) mass is 514 g/mol. The van der Waals surface area contributed by atoms with Gasteiger partial charge in [-0.3, -0.25) is 4.57 Å². The van der Waals surface area contributed by atoms with Gasteiger partial charge in [-0.05, 0) is 30.8 Å². The molecule has 188 valence electrons. The molecule has 0 aliphatic rings. The number of halogens is 2. The fourth-order valence-electron chi connectivity index (χ4n) is 4.12. The largest absolute Gasteiger partial charge is 0.467 e. The number of ether oxygens (including phenoxy) is 1. The normalized spacial score (nSPS) is 14.7. The Hall–Kier alpha value is -3.77. The lowest BCUT2D eigenvalue weighted by molar-refractivity contribution is -0.144. The molecular formula is C24H24F2N6O3S. The maximum atomic E-state index is 14.9. The van der Waals surface area contributed by atoms with Gasteiger partial charge in [-0.25, -0.2) is 27.9 Å². The Morgan fingerprint density at radius 1 is 1.17 bits per heavy atom. The number of carbonyl (C=O) groups is 1. The molecule has 1 N–H and O–H groups in total. The summed E-state index contributed by atoms with van der Waals surface area (Å²) in [5.74, 6) is -2.24. The highest BCUT2D eigenvalue weighted by atomic mass is 32.1. The number of rotatable bonds is 9. The van der Waals surface area contributed by atoms with Gasteiger partial charge in [0.1, 0.15) is 42.3 Å². The second-order valence-corrected chi connectivity index (χ2v) is 8.68. The highest BCUT2D eigenvalue weighted by molar-refractivity contribution is 7.71. The topological polar surface area (TPSA) is 100.0 Å². The molecule has 4 rings (SSSR count). The van der Waals surface area contributed by atoms with Crippen LogP contribution in [0.4, 0.5) is 8.78 Å². The Kier molecular flexibility index (Phi) is 7.36. The Morgan fingerprint density at radius 2 is 1.92 bits per heavy atom. The highest BCUT2D eigenvalue weighted by Crippen LogP contribution is 2.37. The van der Waals surface area contributed by atoms with Crippen molar-refractivity contribution in [3.63, 3.8) is 0 Å². The van der Waals surface area contributed by atoms with E-state index in [-0.39, 0.29) is 23.3 Å². The maximum Gasteiger partial charge on any atom is 0.329 e. The lowest BCUT2D eigenvalue weighted by Gasteiger charge is -2.34. The van der Waals surface area contributed by atoms with Crippen LogP contribution >= 0.6 is 12.2 Å². The molecule has 36 heavy (non-hydrogen) atoms. The van der Waals surface area contributed by atoms with Gasteiger partial charge in [0.15, 0.2) is 4.77 Å². The average molecular weight is 515 g/mol. The molecule has 0 saturated carbocycles. The summed E-state index contributed by atoms with van der Waals surface area (Å²) in [6, 6.07) is 10.5. The van der Waals surface area contributed by atoms with Gasteiger partial charge in [0.2, 0.25) is 0 Å². The fraction of sp³-hybridized carbons (Fsp3) is 0.292. The first-order valence-corrected chi connectivity index (χ1v) is 11.4. The Bertz CT molecular complexity index is 1390. The molecule has 3 atom stereocenters. The minimum Gasteiger partial charge on any atom is -0.467 e. The van der Waals surface area contributed by atoms with Crippen molar-refractivity contribution in [1.82, 2.24) is 29.1 Å². The van der Waals surface area contributed by atoms with Gasteiger partial charge in [0.05, 0.1) is 19.7 Å². The van der Waals surface area contributed by atoms with Crippen LogP contribution in [0.25, 0.3) is 0 Å².